The summed E-state index contributed by atoms with van der Waals surface area (Å²) < 4.78 is 33.1. The number of benzene rings is 3. The van der Waals surface area contributed by atoms with Gasteiger partial charge in [-0.3, -0.25) is 9.59 Å². The van der Waals surface area contributed by atoms with E-state index < -0.39 is 12.1 Å². The first-order valence-electron chi connectivity index (χ1n) is 11.7. The average molecular weight is 479 g/mol. The summed E-state index contributed by atoms with van der Waals surface area (Å²) in [6.45, 7) is 4.26. The van der Waals surface area contributed by atoms with Gasteiger partial charge in [0.15, 0.2) is 6.10 Å². The third-order valence-electron chi connectivity index (χ3n) is 6.19. The minimum atomic E-state index is -0.780. The van der Waals surface area contributed by atoms with Crippen LogP contribution in [0.3, 0.4) is 0 Å². The second-order valence-corrected chi connectivity index (χ2v) is 8.61. The fourth-order valence-electron chi connectivity index (χ4n) is 4.37. The second-order valence-electron chi connectivity index (χ2n) is 8.61. The predicted molar refractivity (Wildman–Crippen MR) is 129 cm³/mol. The molecule has 5 nitrogen and oxygen atoms in total. The zero-order chi connectivity index (χ0) is 24.9. The van der Waals surface area contributed by atoms with E-state index in [0.29, 0.717) is 30.7 Å². The highest BCUT2D eigenvalue weighted by Gasteiger charge is 2.32. The van der Waals surface area contributed by atoms with Crippen molar-refractivity contribution in [3.63, 3.8) is 0 Å². The Bertz CT molecular complexity index is 1210. The van der Waals surface area contributed by atoms with E-state index in [2.05, 4.69) is 5.32 Å². The maximum atomic E-state index is 14.1. The number of ether oxygens (including phenoxy) is 1. The largest absolute Gasteiger partial charge is 0.481 e. The quantitative estimate of drug-likeness (QED) is 0.524. The molecule has 35 heavy (non-hydrogen) atoms. The monoisotopic (exact) mass is 478 g/mol. The van der Waals surface area contributed by atoms with Crippen LogP contribution in [0.2, 0.25) is 0 Å². The van der Waals surface area contributed by atoms with Crippen LogP contribution < -0.4 is 10.1 Å². The molecule has 1 heterocycles. The highest BCUT2D eigenvalue weighted by molar-refractivity contribution is 5.80. The number of hydrogen-bond donors (Lipinski definition) is 1. The molecule has 0 bridgehead atoms. The molecule has 1 aliphatic rings. The topological polar surface area (TPSA) is 58.6 Å². The summed E-state index contributed by atoms with van der Waals surface area (Å²) in [4.78, 5) is 27.1. The van der Waals surface area contributed by atoms with E-state index in [1.807, 2.05) is 31.2 Å². The molecule has 182 valence electrons. The molecule has 0 aliphatic carbocycles. The highest BCUT2D eigenvalue weighted by Crippen LogP contribution is 2.37. The van der Waals surface area contributed by atoms with Crippen molar-refractivity contribution in [1.29, 1.82) is 0 Å². The van der Waals surface area contributed by atoms with E-state index in [0.717, 1.165) is 16.7 Å². The van der Waals surface area contributed by atoms with Crippen molar-refractivity contribution >= 4 is 11.8 Å². The number of rotatable bonds is 7. The van der Waals surface area contributed by atoms with Crippen LogP contribution in [0.5, 0.6) is 5.75 Å². The average Bonchev–Trinajstić information content (AvgIpc) is 2.86. The molecular formula is C28H28F2N2O3. The first-order valence-corrected chi connectivity index (χ1v) is 11.7. The molecule has 4 rings (SSSR count). The molecule has 0 saturated heterocycles. The Morgan fingerprint density at radius 1 is 1.06 bits per heavy atom. The zero-order valence-corrected chi connectivity index (χ0v) is 19.8. The smallest absolute Gasteiger partial charge is 0.261 e. The fraction of sp³-hybridized carbons (Fsp3) is 0.286. The summed E-state index contributed by atoms with van der Waals surface area (Å²) in [5.74, 6) is -0.529. The molecule has 0 radical (unpaired) electrons. The number of carbonyl (C=O) groups is 2. The second kappa shape index (κ2) is 10.7. The maximum Gasteiger partial charge on any atom is 0.261 e. The Hall–Kier alpha value is -3.74. The van der Waals surface area contributed by atoms with Gasteiger partial charge < -0.3 is 15.0 Å². The first-order chi connectivity index (χ1) is 16.9. The van der Waals surface area contributed by atoms with Crippen molar-refractivity contribution in [2.45, 2.75) is 45.4 Å². The normalized spacial score (nSPS) is 15.8. The summed E-state index contributed by atoms with van der Waals surface area (Å²) >= 11 is 0. The summed E-state index contributed by atoms with van der Waals surface area (Å²) in [5.41, 5.74) is 3.38. The number of fused-ring (bicyclic) bond motifs is 1. The SMILES string of the molecule is CCC(=O)N1CCc2ccc(O[C@@H](C)C(=O)NCc3ccc(F)cc3)cc2[C@@H]1c1cccc(F)c1. The van der Waals surface area contributed by atoms with Gasteiger partial charge in [-0.25, -0.2) is 8.78 Å². The Morgan fingerprint density at radius 3 is 2.54 bits per heavy atom. The van der Waals surface area contributed by atoms with Crippen LogP contribution in [-0.2, 0) is 22.6 Å². The molecule has 0 saturated carbocycles. The molecule has 1 aliphatic heterocycles. The van der Waals surface area contributed by atoms with Crippen LogP contribution in [0, 0.1) is 11.6 Å². The summed E-state index contributed by atoms with van der Waals surface area (Å²) in [6.07, 6.45) is 0.252. The minimum absolute atomic E-state index is 0.00947. The van der Waals surface area contributed by atoms with Gasteiger partial charge in [0, 0.05) is 19.5 Å². The number of hydrogen-bond acceptors (Lipinski definition) is 3. The number of halogens is 2. The maximum absolute atomic E-state index is 14.1. The molecule has 0 fully saturated rings. The molecule has 7 heteroatoms. The number of nitrogens with zero attached hydrogens (tertiary/aromatic N) is 1. The van der Waals surface area contributed by atoms with Gasteiger partial charge in [0.1, 0.15) is 17.4 Å². The number of carbonyl (C=O) groups excluding carboxylic acids is 2. The highest BCUT2D eigenvalue weighted by atomic mass is 19.1. The van der Waals surface area contributed by atoms with Crippen LogP contribution in [-0.4, -0.2) is 29.4 Å². The van der Waals surface area contributed by atoms with E-state index in [-0.39, 0.29) is 30.0 Å². The molecule has 1 N–H and O–H groups in total. The Labute approximate surface area is 203 Å². The van der Waals surface area contributed by atoms with Gasteiger partial charge in [0.05, 0.1) is 6.04 Å². The van der Waals surface area contributed by atoms with Gasteiger partial charge in [-0.1, -0.05) is 37.3 Å². The lowest BCUT2D eigenvalue weighted by molar-refractivity contribution is -0.133. The molecule has 3 aromatic carbocycles. The Kier molecular flexibility index (Phi) is 7.44. The third kappa shape index (κ3) is 5.67. The summed E-state index contributed by atoms with van der Waals surface area (Å²) in [6, 6.07) is 17.3. The van der Waals surface area contributed by atoms with Gasteiger partial charge in [0.25, 0.3) is 5.91 Å². The van der Waals surface area contributed by atoms with Crippen molar-refractivity contribution in [3.05, 3.63) is 101 Å². The van der Waals surface area contributed by atoms with Crippen molar-refractivity contribution in [3.8, 4) is 5.75 Å². The molecule has 3 aromatic rings. The lowest BCUT2D eigenvalue weighted by Crippen LogP contribution is -2.40. The lowest BCUT2D eigenvalue weighted by Gasteiger charge is -2.38. The molecule has 0 aromatic heterocycles. The summed E-state index contributed by atoms with van der Waals surface area (Å²) in [5, 5.41) is 2.79. The van der Waals surface area contributed by atoms with Gasteiger partial charge in [-0.15, -0.1) is 0 Å². The first kappa shape index (κ1) is 24.4. The molecular weight excluding hydrogens is 450 g/mol. The van der Waals surface area contributed by atoms with Crippen LogP contribution in [0.4, 0.5) is 8.78 Å². The third-order valence-corrected chi connectivity index (χ3v) is 6.19. The molecule has 2 atom stereocenters. The van der Waals surface area contributed by atoms with Crippen molar-refractivity contribution in [2.75, 3.05) is 6.54 Å². The van der Waals surface area contributed by atoms with E-state index in [1.54, 1.807) is 30.0 Å². The van der Waals surface area contributed by atoms with Crippen LogP contribution >= 0.6 is 0 Å². The number of amides is 2. The minimum Gasteiger partial charge on any atom is -0.481 e. The lowest BCUT2D eigenvalue weighted by atomic mass is 9.87. The molecule has 0 spiro atoms. The van der Waals surface area contributed by atoms with E-state index >= 15 is 0 Å². The van der Waals surface area contributed by atoms with E-state index in [4.69, 9.17) is 4.74 Å². The van der Waals surface area contributed by atoms with Crippen LogP contribution in [0.1, 0.15) is 48.6 Å². The molecule has 0 unspecified atom stereocenters. The zero-order valence-electron chi connectivity index (χ0n) is 19.8. The van der Waals surface area contributed by atoms with Crippen LogP contribution in [0.25, 0.3) is 0 Å². The van der Waals surface area contributed by atoms with E-state index in [9.17, 15) is 18.4 Å². The fourth-order valence-corrected chi connectivity index (χ4v) is 4.37. The Balaban J connectivity index is 1.54. The van der Waals surface area contributed by atoms with Gasteiger partial charge >= 0.3 is 0 Å². The molecule has 2 amide bonds. The van der Waals surface area contributed by atoms with Gasteiger partial charge in [0.2, 0.25) is 5.91 Å². The van der Waals surface area contributed by atoms with Gasteiger partial charge in [-0.2, -0.15) is 0 Å². The predicted octanol–water partition coefficient (Wildman–Crippen LogP) is 4.93. The van der Waals surface area contributed by atoms with Crippen molar-refractivity contribution in [2.24, 2.45) is 0 Å². The van der Waals surface area contributed by atoms with E-state index in [1.165, 1.54) is 24.3 Å². The van der Waals surface area contributed by atoms with Crippen molar-refractivity contribution < 1.29 is 23.1 Å². The number of nitrogens with one attached hydrogen (secondary N) is 1. The van der Waals surface area contributed by atoms with Crippen molar-refractivity contribution in [1.82, 2.24) is 10.2 Å². The summed E-state index contributed by atoms with van der Waals surface area (Å²) in [7, 11) is 0. The van der Waals surface area contributed by atoms with Crippen LogP contribution in [0.15, 0.2) is 66.7 Å². The van der Waals surface area contributed by atoms with Gasteiger partial charge in [-0.05, 0) is 72.0 Å². The Morgan fingerprint density at radius 2 is 1.83 bits per heavy atom. The standard InChI is InChI=1S/C28H28F2N2O3/c1-3-26(33)32-14-13-20-9-12-24(16-25(20)27(32)21-5-4-6-23(30)15-21)35-18(2)28(34)31-17-19-7-10-22(29)11-8-19/h4-12,15-16,18,27H,3,13-14,17H2,1-2H3,(H,31,34)/t18-,27-/m0/s1.